The summed E-state index contributed by atoms with van der Waals surface area (Å²) in [5.41, 5.74) is 1.95. The van der Waals surface area contributed by atoms with E-state index in [0.29, 0.717) is 35.0 Å². The van der Waals surface area contributed by atoms with Gasteiger partial charge in [-0.3, -0.25) is 4.79 Å². The van der Waals surface area contributed by atoms with Crippen molar-refractivity contribution in [3.8, 4) is 17.2 Å². The van der Waals surface area contributed by atoms with Gasteiger partial charge in [-0.2, -0.15) is 0 Å². The van der Waals surface area contributed by atoms with E-state index in [-0.39, 0.29) is 18.1 Å². The van der Waals surface area contributed by atoms with Gasteiger partial charge in [-0.15, -0.1) is 0 Å². The molecule has 27 heavy (non-hydrogen) atoms. The van der Waals surface area contributed by atoms with Crippen LogP contribution in [0, 0.1) is 6.92 Å². The van der Waals surface area contributed by atoms with E-state index >= 15 is 0 Å². The third-order valence-electron chi connectivity index (χ3n) is 4.03. The molecule has 2 aromatic rings. The number of ketones is 1. The molecule has 0 fully saturated rings. The molecule has 1 heterocycles. The maximum Gasteiger partial charge on any atom is 0.343 e. The predicted molar refractivity (Wildman–Crippen MR) is 99.2 cm³/mol. The van der Waals surface area contributed by atoms with E-state index in [0.717, 1.165) is 5.56 Å². The molecule has 2 aromatic carbocycles. The third-order valence-corrected chi connectivity index (χ3v) is 4.03. The average Bonchev–Trinajstić information content (AvgIpc) is 2.97. The van der Waals surface area contributed by atoms with Crippen molar-refractivity contribution >= 4 is 17.8 Å². The molecule has 3 rings (SSSR count). The first-order valence-electron chi connectivity index (χ1n) is 8.53. The molecule has 0 aromatic heterocycles. The minimum absolute atomic E-state index is 0.201. The Bertz CT molecular complexity index is 913. The number of Topliss-reactive ketones (excluding diaryl/α,β-unsaturated/α-hetero) is 1. The smallest absolute Gasteiger partial charge is 0.343 e. The predicted octanol–water partition coefficient (Wildman–Crippen LogP) is 3.56. The normalized spacial score (nSPS) is 13.9. The molecule has 6 heteroatoms. The fraction of sp³-hybridized carbons (Fsp3) is 0.238. The van der Waals surface area contributed by atoms with Gasteiger partial charge in [0, 0.05) is 11.6 Å². The van der Waals surface area contributed by atoms with Gasteiger partial charge < -0.3 is 18.9 Å². The van der Waals surface area contributed by atoms with Gasteiger partial charge in [0.1, 0.15) is 17.2 Å². The highest BCUT2D eigenvalue weighted by molar-refractivity contribution is 6.15. The first kappa shape index (κ1) is 18.5. The molecule has 6 nitrogen and oxygen atoms in total. The number of para-hydroxylation sites is 1. The lowest BCUT2D eigenvalue weighted by Gasteiger charge is -2.08. The van der Waals surface area contributed by atoms with Crippen molar-refractivity contribution in [3.05, 3.63) is 58.8 Å². The van der Waals surface area contributed by atoms with Gasteiger partial charge in [0.05, 0.1) is 19.3 Å². The van der Waals surface area contributed by atoms with Crippen molar-refractivity contribution in [2.75, 3.05) is 20.3 Å². The Hall–Kier alpha value is -3.28. The standard InChI is InChI=1S/C21H20O6/c1-4-25-16-8-6-5-7-14(16)10-18-21(23)20-13(2)9-15(11-17(20)27-18)26-12-19(22)24-3/h5-11H,4,12H2,1-3H3/b18-10-. The summed E-state index contributed by atoms with van der Waals surface area (Å²) in [6.07, 6.45) is 1.67. The summed E-state index contributed by atoms with van der Waals surface area (Å²) in [5.74, 6) is 1.04. The fourth-order valence-corrected chi connectivity index (χ4v) is 2.79. The zero-order valence-electron chi connectivity index (χ0n) is 15.4. The van der Waals surface area contributed by atoms with Gasteiger partial charge in [-0.25, -0.2) is 4.79 Å². The van der Waals surface area contributed by atoms with Crippen LogP contribution in [0.15, 0.2) is 42.2 Å². The molecule has 0 bridgehead atoms. The average molecular weight is 368 g/mol. The van der Waals surface area contributed by atoms with Gasteiger partial charge in [0.2, 0.25) is 5.78 Å². The number of carbonyl (C=O) groups is 2. The van der Waals surface area contributed by atoms with Crippen molar-refractivity contribution in [3.63, 3.8) is 0 Å². The van der Waals surface area contributed by atoms with E-state index in [1.54, 1.807) is 25.1 Å². The van der Waals surface area contributed by atoms with E-state index in [1.165, 1.54) is 7.11 Å². The molecule has 0 atom stereocenters. The number of hydrogen-bond acceptors (Lipinski definition) is 6. The lowest BCUT2D eigenvalue weighted by Crippen LogP contribution is -2.12. The highest BCUT2D eigenvalue weighted by Crippen LogP contribution is 2.38. The van der Waals surface area contributed by atoms with Crippen LogP contribution in [0.4, 0.5) is 0 Å². The Morgan fingerprint density at radius 1 is 1.19 bits per heavy atom. The van der Waals surface area contributed by atoms with E-state index in [9.17, 15) is 9.59 Å². The van der Waals surface area contributed by atoms with E-state index < -0.39 is 5.97 Å². The summed E-state index contributed by atoms with van der Waals surface area (Å²) < 4.78 is 21.3. The second kappa shape index (κ2) is 7.95. The number of carbonyl (C=O) groups excluding carboxylic acids is 2. The molecule has 0 aliphatic carbocycles. The summed E-state index contributed by atoms with van der Waals surface area (Å²) in [6, 6.07) is 10.7. The lowest BCUT2D eigenvalue weighted by molar-refractivity contribution is -0.142. The van der Waals surface area contributed by atoms with Gasteiger partial charge in [0.25, 0.3) is 0 Å². The zero-order chi connectivity index (χ0) is 19.4. The van der Waals surface area contributed by atoms with Gasteiger partial charge in [-0.1, -0.05) is 18.2 Å². The summed E-state index contributed by atoms with van der Waals surface area (Å²) in [5, 5.41) is 0. The van der Waals surface area contributed by atoms with Crippen molar-refractivity contribution in [1.82, 2.24) is 0 Å². The largest absolute Gasteiger partial charge is 0.493 e. The summed E-state index contributed by atoms with van der Waals surface area (Å²) in [7, 11) is 1.29. The number of rotatable bonds is 6. The van der Waals surface area contributed by atoms with Crippen LogP contribution < -0.4 is 14.2 Å². The number of methoxy groups -OCH3 is 1. The number of fused-ring (bicyclic) bond motifs is 1. The van der Waals surface area contributed by atoms with Crippen molar-refractivity contribution in [1.29, 1.82) is 0 Å². The topological polar surface area (TPSA) is 71.1 Å². The van der Waals surface area contributed by atoms with E-state index in [2.05, 4.69) is 4.74 Å². The molecule has 0 N–H and O–H groups in total. The number of esters is 1. The summed E-state index contributed by atoms with van der Waals surface area (Å²) >= 11 is 0. The maximum absolute atomic E-state index is 12.8. The third kappa shape index (κ3) is 3.95. The molecule has 140 valence electrons. The summed E-state index contributed by atoms with van der Waals surface area (Å²) in [4.78, 5) is 24.0. The first-order valence-corrected chi connectivity index (χ1v) is 8.53. The van der Waals surface area contributed by atoms with Crippen molar-refractivity contribution in [2.24, 2.45) is 0 Å². The molecule has 0 unspecified atom stereocenters. The molecule has 0 amide bonds. The zero-order valence-corrected chi connectivity index (χ0v) is 15.4. The molecule has 0 radical (unpaired) electrons. The van der Waals surface area contributed by atoms with Crippen molar-refractivity contribution in [2.45, 2.75) is 13.8 Å². The van der Waals surface area contributed by atoms with Crippen LogP contribution in [0.2, 0.25) is 0 Å². The number of hydrogen-bond donors (Lipinski definition) is 0. The quantitative estimate of drug-likeness (QED) is 0.573. The monoisotopic (exact) mass is 368 g/mol. The second-order valence-electron chi connectivity index (χ2n) is 5.89. The lowest BCUT2D eigenvalue weighted by atomic mass is 10.0. The molecular formula is C21H20O6. The molecular weight excluding hydrogens is 348 g/mol. The Kier molecular flexibility index (Phi) is 5.45. The molecule has 0 saturated carbocycles. The fourth-order valence-electron chi connectivity index (χ4n) is 2.79. The van der Waals surface area contributed by atoms with Crippen LogP contribution in [0.3, 0.4) is 0 Å². The summed E-state index contributed by atoms with van der Waals surface area (Å²) in [6.45, 7) is 4.00. The number of benzene rings is 2. The maximum atomic E-state index is 12.8. The van der Waals surface area contributed by atoms with Crippen LogP contribution in [0.25, 0.3) is 6.08 Å². The van der Waals surface area contributed by atoms with Crippen LogP contribution in [-0.2, 0) is 9.53 Å². The SMILES string of the molecule is CCOc1ccccc1/C=C1\Oc2cc(OCC(=O)OC)cc(C)c2C1=O. The number of allylic oxidation sites excluding steroid dienone is 1. The van der Waals surface area contributed by atoms with Gasteiger partial charge in [-0.05, 0) is 37.6 Å². The van der Waals surface area contributed by atoms with Crippen LogP contribution in [0.5, 0.6) is 17.2 Å². The Labute approximate surface area is 157 Å². The second-order valence-corrected chi connectivity index (χ2v) is 5.89. The highest BCUT2D eigenvalue weighted by atomic mass is 16.6. The molecule has 0 spiro atoms. The van der Waals surface area contributed by atoms with Crippen molar-refractivity contribution < 1.29 is 28.5 Å². The first-order chi connectivity index (χ1) is 13.0. The number of aryl methyl sites for hydroxylation is 1. The minimum Gasteiger partial charge on any atom is -0.493 e. The van der Waals surface area contributed by atoms with Gasteiger partial charge >= 0.3 is 5.97 Å². The van der Waals surface area contributed by atoms with E-state index in [4.69, 9.17) is 14.2 Å². The highest BCUT2D eigenvalue weighted by Gasteiger charge is 2.30. The Morgan fingerprint density at radius 2 is 1.96 bits per heavy atom. The minimum atomic E-state index is -0.488. The van der Waals surface area contributed by atoms with E-state index in [1.807, 2.05) is 31.2 Å². The molecule has 1 aliphatic rings. The van der Waals surface area contributed by atoms with Crippen LogP contribution >= 0.6 is 0 Å². The van der Waals surface area contributed by atoms with Crippen LogP contribution in [0.1, 0.15) is 28.4 Å². The van der Waals surface area contributed by atoms with Gasteiger partial charge in [0.15, 0.2) is 12.4 Å². The number of ether oxygens (including phenoxy) is 4. The Balaban J connectivity index is 1.89. The van der Waals surface area contributed by atoms with Crippen LogP contribution in [-0.4, -0.2) is 32.1 Å². The molecule has 0 saturated heterocycles. The molecule has 1 aliphatic heterocycles. The Morgan fingerprint density at radius 3 is 2.70 bits per heavy atom.